The predicted octanol–water partition coefficient (Wildman–Crippen LogP) is 0.355. The van der Waals surface area contributed by atoms with Gasteiger partial charge in [-0.15, -0.1) is 11.6 Å². The van der Waals surface area contributed by atoms with Crippen molar-refractivity contribution in [1.82, 2.24) is 0 Å². The molecule has 0 heterocycles. The van der Waals surface area contributed by atoms with E-state index in [9.17, 15) is 0 Å². The minimum atomic E-state index is -0.642. The van der Waals surface area contributed by atoms with E-state index in [4.69, 9.17) is 21.8 Å². The summed E-state index contributed by atoms with van der Waals surface area (Å²) in [6, 6.07) is 0. The van der Waals surface area contributed by atoms with Crippen molar-refractivity contribution in [1.29, 1.82) is 0 Å². The van der Waals surface area contributed by atoms with Gasteiger partial charge in [0.1, 0.15) is 0 Å². The van der Waals surface area contributed by atoms with Gasteiger partial charge in [0.2, 0.25) is 0 Å². The van der Waals surface area contributed by atoms with Crippen molar-refractivity contribution in [2.24, 2.45) is 0 Å². The molecule has 0 saturated carbocycles. The van der Waals surface area contributed by atoms with Gasteiger partial charge >= 0.3 is 0 Å². The summed E-state index contributed by atoms with van der Waals surface area (Å²) in [4.78, 5) is 0. The third-order valence-electron chi connectivity index (χ3n) is 0.922. The second kappa shape index (κ2) is 3.28. The first-order valence-electron chi connectivity index (χ1n) is 2.56. The number of rotatable bonds is 2. The van der Waals surface area contributed by atoms with Crippen molar-refractivity contribution in [3.05, 3.63) is 0 Å². The average Bonchev–Trinajstić information content (AvgIpc) is 1.64. The summed E-state index contributed by atoms with van der Waals surface area (Å²) in [7, 11) is 0. The highest BCUT2D eigenvalue weighted by molar-refractivity contribution is 6.21. The first kappa shape index (κ1) is 8.21. The van der Waals surface area contributed by atoms with Gasteiger partial charge in [0.25, 0.3) is 0 Å². The summed E-state index contributed by atoms with van der Waals surface area (Å²) in [5.41, 5.74) is 0. The van der Waals surface area contributed by atoms with Gasteiger partial charge in [-0.1, -0.05) is 0 Å². The van der Waals surface area contributed by atoms with E-state index in [1.54, 1.807) is 13.8 Å². The number of hydrogen-bond acceptors (Lipinski definition) is 2. The van der Waals surface area contributed by atoms with Gasteiger partial charge in [0, 0.05) is 0 Å². The van der Waals surface area contributed by atoms with Gasteiger partial charge < -0.3 is 10.2 Å². The second-order valence-corrected chi connectivity index (χ2v) is 2.43. The number of aliphatic hydroxyl groups excluding tert-OH is 2. The largest absolute Gasteiger partial charge is 0.392 e. The molecular weight excluding hydrogens is 128 g/mol. The molecule has 0 aromatic heterocycles. The van der Waals surface area contributed by atoms with Crippen LogP contribution in [-0.2, 0) is 0 Å². The van der Waals surface area contributed by atoms with E-state index in [-0.39, 0.29) is 0 Å². The van der Waals surface area contributed by atoms with Crippen molar-refractivity contribution < 1.29 is 10.2 Å². The van der Waals surface area contributed by atoms with Crippen LogP contribution in [-0.4, -0.2) is 27.8 Å². The summed E-state index contributed by atoms with van der Waals surface area (Å²) in [5.74, 6) is 0. The number of aliphatic hydroxyl groups is 2. The second-order valence-electron chi connectivity index (χ2n) is 1.93. The van der Waals surface area contributed by atoms with Crippen LogP contribution in [0.15, 0.2) is 0 Å². The van der Waals surface area contributed by atoms with Crippen LogP contribution in [0.2, 0.25) is 0 Å². The minimum Gasteiger partial charge on any atom is -0.392 e. The van der Waals surface area contributed by atoms with Crippen molar-refractivity contribution in [3.8, 4) is 0 Å². The van der Waals surface area contributed by atoms with Crippen LogP contribution in [0.25, 0.3) is 0 Å². The Morgan fingerprint density at radius 1 is 1.12 bits per heavy atom. The molecule has 0 bridgehead atoms. The van der Waals surface area contributed by atoms with E-state index in [0.29, 0.717) is 0 Å². The zero-order valence-corrected chi connectivity index (χ0v) is 5.76. The molecule has 0 aromatic rings. The van der Waals surface area contributed by atoms with Crippen LogP contribution in [0.3, 0.4) is 0 Å². The molecular formula is C5H11ClO2. The van der Waals surface area contributed by atoms with Crippen LogP contribution < -0.4 is 0 Å². The Bertz CT molecular complexity index is 55.4. The monoisotopic (exact) mass is 138 g/mol. The molecule has 0 spiro atoms. The Morgan fingerprint density at radius 2 is 1.38 bits per heavy atom. The Labute approximate surface area is 54.1 Å². The molecule has 0 amide bonds. The molecule has 0 aliphatic heterocycles. The molecule has 0 saturated heterocycles. The summed E-state index contributed by atoms with van der Waals surface area (Å²) in [6.45, 7) is 3.09. The molecule has 0 aliphatic rings. The maximum Gasteiger partial charge on any atom is 0.0848 e. The Morgan fingerprint density at radius 3 is 1.38 bits per heavy atom. The molecule has 2 unspecified atom stereocenters. The minimum absolute atomic E-state index is 0.546. The lowest BCUT2D eigenvalue weighted by Crippen LogP contribution is -2.27. The van der Waals surface area contributed by atoms with Crippen molar-refractivity contribution in [3.63, 3.8) is 0 Å². The first-order chi connectivity index (χ1) is 3.55. The highest BCUT2D eigenvalue weighted by Gasteiger charge is 2.15. The topological polar surface area (TPSA) is 40.5 Å². The number of alkyl halides is 1. The van der Waals surface area contributed by atoms with E-state index >= 15 is 0 Å². The molecule has 8 heavy (non-hydrogen) atoms. The normalized spacial score (nSPS) is 22.1. The maximum absolute atomic E-state index is 8.70. The molecule has 0 rings (SSSR count). The van der Waals surface area contributed by atoms with Crippen LogP contribution in [0.4, 0.5) is 0 Å². The van der Waals surface area contributed by atoms with Crippen LogP contribution >= 0.6 is 11.6 Å². The Kier molecular flexibility index (Phi) is 3.36. The zero-order valence-electron chi connectivity index (χ0n) is 5.00. The van der Waals surface area contributed by atoms with Gasteiger partial charge in [0.05, 0.1) is 17.6 Å². The molecule has 0 fully saturated rings. The highest BCUT2D eigenvalue weighted by atomic mass is 35.5. The molecule has 2 atom stereocenters. The lowest BCUT2D eigenvalue weighted by Gasteiger charge is -2.14. The highest BCUT2D eigenvalue weighted by Crippen LogP contribution is 2.06. The van der Waals surface area contributed by atoms with E-state index in [1.807, 2.05) is 0 Å². The quantitative estimate of drug-likeness (QED) is 0.541. The fraction of sp³-hybridized carbons (Fsp3) is 1.00. The standard InChI is InChI=1S/C5H11ClO2/c1-3(7)5(6)4(2)8/h3-5,7-8H,1-2H3. The van der Waals surface area contributed by atoms with Crippen LogP contribution in [0.1, 0.15) is 13.8 Å². The van der Waals surface area contributed by atoms with Gasteiger partial charge in [-0.3, -0.25) is 0 Å². The van der Waals surface area contributed by atoms with Crippen LogP contribution in [0, 0.1) is 0 Å². The van der Waals surface area contributed by atoms with Gasteiger partial charge in [-0.2, -0.15) is 0 Å². The SMILES string of the molecule is CC(O)C(Cl)C(C)O. The Hall–Kier alpha value is 0.210. The summed E-state index contributed by atoms with van der Waals surface area (Å²) in [5, 5.41) is 16.9. The lowest BCUT2D eigenvalue weighted by atomic mass is 10.2. The first-order valence-corrected chi connectivity index (χ1v) is 2.99. The molecule has 0 radical (unpaired) electrons. The average molecular weight is 139 g/mol. The zero-order chi connectivity index (χ0) is 6.73. The predicted molar refractivity (Wildman–Crippen MR) is 33.0 cm³/mol. The van der Waals surface area contributed by atoms with E-state index < -0.39 is 17.6 Å². The molecule has 0 aliphatic carbocycles. The van der Waals surface area contributed by atoms with Crippen molar-refractivity contribution >= 4 is 11.6 Å². The smallest absolute Gasteiger partial charge is 0.0848 e. The fourth-order valence-corrected chi connectivity index (χ4v) is 0.403. The molecule has 3 heteroatoms. The fourth-order valence-electron chi connectivity index (χ4n) is 0.403. The number of hydrogen-bond donors (Lipinski definition) is 2. The molecule has 50 valence electrons. The van der Waals surface area contributed by atoms with Crippen LogP contribution in [0.5, 0.6) is 0 Å². The lowest BCUT2D eigenvalue weighted by molar-refractivity contribution is 0.107. The Balaban J connectivity index is 3.46. The third kappa shape index (κ3) is 2.50. The van der Waals surface area contributed by atoms with Crippen molar-refractivity contribution in [2.75, 3.05) is 0 Å². The third-order valence-corrected chi connectivity index (χ3v) is 1.65. The molecule has 2 N–H and O–H groups in total. The van der Waals surface area contributed by atoms with Crippen molar-refractivity contribution in [2.45, 2.75) is 31.4 Å². The van der Waals surface area contributed by atoms with Gasteiger partial charge in [0.15, 0.2) is 0 Å². The van der Waals surface area contributed by atoms with E-state index in [2.05, 4.69) is 0 Å². The molecule has 0 aromatic carbocycles. The van der Waals surface area contributed by atoms with E-state index in [1.165, 1.54) is 0 Å². The maximum atomic E-state index is 8.70. The molecule has 2 nitrogen and oxygen atoms in total. The summed E-state index contributed by atoms with van der Waals surface area (Å²) < 4.78 is 0. The summed E-state index contributed by atoms with van der Waals surface area (Å²) >= 11 is 5.45. The van der Waals surface area contributed by atoms with Gasteiger partial charge in [-0.25, -0.2) is 0 Å². The summed E-state index contributed by atoms with van der Waals surface area (Å²) in [6.07, 6.45) is -1.28. The number of halogens is 1. The van der Waals surface area contributed by atoms with Gasteiger partial charge in [-0.05, 0) is 13.8 Å². The van der Waals surface area contributed by atoms with E-state index in [0.717, 1.165) is 0 Å².